The molecule has 176 valence electrons. The number of fused-ring (bicyclic) bond motifs is 1. The number of aromatic nitrogens is 5. The third-order valence-corrected chi connectivity index (χ3v) is 6.40. The lowest BCUT2D eigenvalue weighted by Crippen LogP contribution is -2.47. The van der Waals surface area contributed by atoms with E-state index in [1.54, 1.807) is 6.20 Å². The van der Waals surface area contributed by atoms with Gasteiger partial charge in [-0.1, -0.05) is 5.16 Å². The molecule has 11 heteroatoms. The van der Waals surface area contributed by atoms with Gasteiger partial charge in [-0.2, -0.15) is 10.1 Å². The molecule has 2 fully saturated rings. The molecule has 0 spiro atoms. The summed E-state index contributed by atoms with van der Waals surface area (Å²) in [5.41, 5.74) is 2.41. The van der Waals surface area contributed by atoms with Crippen LogP contribution in [-0.2, 0) is 22.5 Å². The highest BCUT2D eigenvalue weighted by Gasteiger charge is 2.24. The Balaban J connectivity index is 1.41. The minimum absolute atomic E-state index is 0.0220. The number of aryl methyl sites for hydroxylation is 1. The van der Waals surface area contributed by atoms with Gasteiger partial charge in [0, 0.05) is 58.2 Å². The van der Waals surface area contributed by atoms with Crippen LogP contribution in [0, 0.1) is 0 Å². The second-order valence-electron chi connectivity index (χ2n) is 8.65. The molecule has 0 unspecified atom stereocenters. The van der Waals surface area contributed by atoms with Gasteiger partial charge in [-0.15, -0.1) is 0 Å². The molecular weight excluding hydrogens is 424 g/mol. The van der Waals surface area contributed by atoms with Crippen molar-refractivity contribution in [2.24, 2.45) is 0 Å². The highest BCUT2D eigenvalue weighted by Crippen LogP contribution is 2.34. The van der Waals surface area contributed by atoms with E-state index in [0.717, 1.165) is 81.1 Å². The molecule has 2 aliphatic rings. The van der Waals surface area contributed by atoms with E-state index in [4.69, 9.17) is 9.26 Å². The number of nitrogens with one attached hydrogen (secondary N) is 1. The number of rotatable bonds is 6. The fraction of sp³-hybridized carbons (Fsp3) is 0.591. The van der Waals surface area contributed by atoms with Crippen molar-refractivity contribution in [3.63, 3.8) is 0 Å². The number of anilines is 1. The molecule has 1 N–H and O–H groups in total. The van der Waals surface area contributed by atoms with Gasteiger partial charge in [-0.3, -0.25) is 4.79 Å². The average molecular weight is 455 g/mol. The van der Waals surface area contributed by atoms with Gasteiger partial charge >= 0.3 is 0 Å². The Kier molecular flexibility index (Phi) is 6.23. The van der Waals surface area contributed by atoms with Crippen molar-refractivity contribution in [2.75, 3.05) is 51.8 Å². The van der Waals surface area contributed by atoms with Crippen LogP contribution in [0.15, 0.2) is 16.9 Å². The number of carbonyl (C=O) groups excluding carboxylic acids is 1. The normalized spacial score (nSPS) is 18.2. The third kappa shape index (κ3) is 4.55. The predicted molar refractivity (Wildman–Crippen MR) is 122 cm³/mol. The van der Waals surface area contributed by atoms with Crippen LogP contribution in [0.1, 0.15) is 25.6 Å². The summed E-state index contributed by atoms with van der Waals surface area (Å²) in [6.07, 6.45) is 5.53. The monoisotopic (exact) mass is 454 g/mol. The van der Waals surface area contributed by atoms with Gasteiger partial charge in [-0.25, -0.2) is 9.67 Å². The lowest BCUT2D eigenvalue weighted by molar-refractivity contribution is -0.132. The average Bonchev–Trinajstić information content (AvgIpc) is 3.47. The maximum atomic E-state index is 12.7. The smallest absolute Gasteiger partial charge is 0.261 e. The Hall–Kier alpha value is -3.05. The summed E-state index contributed by atoms with van der Waals surface area (Å²) in [5.74, 6) is 0.758. The van der Waals surface area contributed by atoms with Crippen LogP contribution < -0.4 is 5.32 Å². The molecule has 0 bridgehead atoms. The van der Waals surface area contributed by atoms with Crippen LogP contribution in [0.3, 0.4) is 0 Å². The molecule has 5 heterocycles. The Morgan fingerprint density at radius 2 is 1.97 bits per heavy atom. The number of nitrogens with zero attached hydrogens (tertiary/aromatic N) is 7. The number of hydrogen-bond donors (Lipinski definition) is 1. The summed E-state index contributed by atoms with van der Waals surface area (Å²) in [6, 6.07) is 0.272. The Morgan fingerprint density at radius 3 is 2.73 bits per heavy atom. The molecule has 0 aliphatic carbocycles. The highest BCUT2D eigenvalue weighted by molar-refractivity contribution is 5.96. The first-order chi connectivity index (χ1) is 16.1. The van der Waals surface area contributed by atoms with Gasteiger partial charge in [0.2, 0.25) is 5.91 Å². The van der Waals surface area contributed by atoms with Crippen molar-refractivity contribution in [3.8, 4) is 11.5 Å². The minimum Gasteiger partial charge on any atom is -0.381 e. The summed E-state index contributed by atoms with van der Waals surface area (Å²) in [4.78, 5) is 25.9. The molecule has 11 nitrogen and oxygen atoms in total. The molecule has 3 aromatic rings. The molecule has 0 saturated carbocycles. The van der Waals surface area contributed by atoms with E-state index >= 15 is 0 Å². The molecule has 2 aliphatic heterocycles. The van der Waals surface area contributed by atoms with Gasteiger partial charge < -0.3 is 24.4 Å². The quantitative estimate of drug-likeness (QED) is 0.590. The molecule has 1 amide bonds. The lowest BCUT2D eigenvalue weighted by Gasteiger charge is -2.32. The number of piperazine rings is 1. The predicted octanol–water partition coefficient (Wildman–Crippen LogP) is 1.41. The van der Waals surface area contributed by atoms with Gasteiger partial charge in [0.25, 0.3) is 5.89 Å². The van der Waals surface area contributed by atoms with Crippen LogP contribution >= 0.6 is 0 Å². The van der Waals surface area contributed by atoms with E-state index in [2.05, 4.69) is 37.5 Å². The first kappa shape index (κ1) is 21.8. The van der Waals surface area contributed by atoms with Crippen LogP contribution in [0.4, 0.5) is 5.69 Å². The fourth-order valence-electron chi connectivity index (χ4n) is 4.36. The van der Waals surface area contributed by atoms with Crippen LogP contribution in [0.2, 0.25) is 0 Å². The van der Waals surface area contributed by atoms with E-state index < -0.39 is 0 Å². The number of likely N-dealkylation sites (N-methyl/N-ethyl adjacent to an activating group) is 1. The van der Waals surface area contributed by atoms with Crippen molar-refractivity contribution in [1.82, 2.24) is 34.7 Å². The number of hydrogen-bond acceptors (Lipinski definition) is 9. The molecule has 0 aromatic carbocycles. The lowest BCUT2D eigenvalue weighted by atomic mass is 10.1. The maximum absolute atomic E-state index is 12.7. The van der Waals surface area contributed by atoms with E-state index in [-0.39, 0.29) is 18.4 Å². The molecule has 2 saturated heterocycles. The molecule has 0 atom stereocenters. The second-order valence-corrected chi connectivity index (χ2v) is 8.65. The number of ether oxygens (including phenoxy) is 1. The largest absolute Gasteiger partial charge is 0.381 e. The van der Waals surface area contributed by atoms with Crippen molar-refractivity contribution < 1.29 is 14.1 Å². The summed E-state index contributed by atoms with van der Waals surface area (Å²) in [5, 5.41) is 13.1. The highest BCUT2D eigenvalue weighted by atomic mass is 16.5. The van der Waals surface area contributed by atoms with E-state index in [1.807, 2.05) is 22.7 Å². The number of amides is 1. The Labute approximate surface area is 192 Å². The van der Waals surface area contributed by atoms with Crippen LogP contribution in [0.5, 0.6) is 0 Å². The summed E-state index contributed by atoms with van der Waals surface area (Å²) in [7, 11) is 2.06. The van der Waals surface area contributed by atoms with Crippen molar-refractivity contribution in [3.05, 3.63) is 18.2 Å². The van der Waals surface area contributed by atoms with E-state index in [1.165, 1.54) is 0 Å². The number of pyridine rings is 1. The third-order valence-electron chi connectivity index (χ3n) is 6.40. The van der Waals surface area contributed by atoms with Gasteiger partial charge in [-0.05, 0) is 26.8 Å². The standard InChI is InChI=1S/C22H30N8O3/c1-3-30-21-16(14-24-30)20(25-15-4-10-32-11-5-15)17(13-23-21)22-26-18(27-33-22)12-19(31)29-8-6-28(2)7-9-29/h13-15H,3-12H2,1-2H3,(H,23,25). The molecule has 0 radical (unpaired) electrons. The maximum Gasteiger partial charge on any atom is 0.261 e. The molecule has 33 heavy (non-hydrogen) atoms. The van der Waals surface area contributed by atoms with Crippen LogP contribution in [-0.4, -0.2) is 93.1 Å². The zero-order valence-corrected chi connectivity index (χ0v) is 19.2. The van der Waals surface area contributed by atoms with Crippen molar-refractivity contribution in [1.29, 1.82) is 0 Å². The Bertz CT molecular complexity index is 1110. The van der Waals surface area contributed by atoms with E-state index in [9.17, 15) is 4.79 Å². The van der Waals surface area contributed by atoms with Gasteiger partial charge in [0.1, 0.15) is 0 Å². The number of carbonyl (C=O) groups is 1. The zero-order chi connectivity index (χ0) is 22.8. The Morgan fingerprint density at radius 1 is 1.18 bits per heavy atom. The molecular formula is C22H30N8O3. The van der Waals surface area contributed by atoms with Crippen molar-refractivity contribution >= 4 is 22.6 Å². The van der Waals surface area contributed by atoms with Crippen molar-refractivity contribution in [2.45, 2.75) is 38.8 Å². The summed E-state index contributed by atoms with van der Waals surface area (Å²) < 4.78 is 13.0. The minimum atomic E-state index is 0.0220. The SMILES string of the molecule is CCn1ncc2c(NC3CCOCC3)c(-c3nc(CC(=O)N4CCN(C)CC4)no3)cnc21. The van der Waals surface area contributed by atoms with Gasteiger partial charge in [0.15, 0.2) is 11.5 Å². The first-order valence-electron chi connectivity index (χ1n) is 11.6. The molecule has 5 rings (SSSR count). The molecule has 3 aromatic heterocycles. The van der Waals surface area contributed by atoms with E-state index in [0.29, 0.717) is 11.7 Å². The summed E-state index contributed by atoms with van der Waals surface area (Å²) in [6.45, 7) is 7.43. The fourth-order valence-corrected chi connectivity index (χ4v) is 4.36. The van der Waals surface area contributed by atoms with Gasteiger partial charge in [0.05, 0.1) is 29.3 Å². The first-order valence-corrected chi connectivity index (χ1v) is 11.6. The topological polar surface area (TPSA) is 114 Å². The summed E-state index contributed by atoms with van der Waals surface area (Å²) >= 11 is 0. The zero-order valence-electron chi connectivity index (χ0n) is 19.2. The second kappa shape index (κ2) is 9.44. The van der Waals surface area contributed by atoms with Crippen LogP contribution in [0.25, 0.3) is 22.5 Å².